The molecule has 0 spiro atoms. The van der Waals surface area contributed by atoms with E-state index in [0.717, 1.165) is 10.5 Å². The summed E-state index contributed by atoms with van der Waals surface area (Å²) in [6.45, 7) is 0.873. The highest BCUT2D eigenvalue weighted by molar-refractivity contribution is 7.98. The molecule has 1 fully saturated rings. The van der Waals surface area contributed by atoms with Gasteiger partial charge in [0.15, 0.2) is 0 Å². The summed E-state index contributed by atoms with van der Waals surface area (Å²) >= 11 is 1.65. The van der Waals surface area contributed by atoms with Crippen molar-refractivity contribution >= 4 is 17.7 Å². The molecule has 1 aliphatic heterocycles. The van der Waals surface area contributed by atoms with Crippen molar-refractivity contribution in [2.75, 3.05) is 32.6 Å². The number of nitrogens with one attached hydrogen (secondary N) is 1. The van der Waals surface area contributed by atoms with Gasteiger partial charge in [-0.2, -0.15) is 0 Å². The molecule has 122 valence electrons. The molecule has 1 aromatic rings. The standard InChI is InChI=1S/C15H20F2N2O2S/c1-22-12-4-2-11(3-5-12)8-18-15(20)13-10-21-7-6-19(13)9-14(16)17/h2-5,13-14H,6-10H2,1H3,(H,18,20). The van der Waals surface area contributed by atoms with Crippen LogP contribution in [0.4, 0.5) is 8.78 Å². The lowest BCUT2D eigenvalue weighted by Gasteiger charge is -2.34. The summed E-state index contributed by atoms with van der Waals surface area (Å²) in [4.78, 5) is 14.8. The van der Waals surface area contributed by atoms with E-state index in [-0.39, 0.29) is 12.5 Å². The number of alkyl halides is 2. The van der Waals surface area contributed by atoms with Gasteiger partial charge < -0.3 is 10.1 Å². The van der Waals surface area contributed by atoms with E-state index in [1.165, 1.54) is 4.90 Å². The predicted molar refractivity (Wildman–Crippen MR) is 82.3 cm³/mol. The summed E-state index contributed by atoms with van der Waals surface area (Å²) in [5.74, 6) is -0.269. The fourth-order valence-corrected chi connectivity index (χ4v) is 2.73. The fourth-order valence-electron chi connectivity index (χ4n) is 2.33. The van der Waals surface area contributed by atoms with Gasteiger partial charge in [0.1, 0.15) is 6.04 Å². The number of benzene rings is 1. The normalized spacial score (nSPS) is 19.4. The highest BCUT2D eigenvalue weighted by Gasteiger charge is 2.30. The SMILES string of the molecule is CSc1ccc(CNC(=O)C2COCCN2CC(F)F)cc1. The number of hydrogen-bond donors (Lipinski definition) is 1. The Kier molecular flexibility index (Phi) is 6.60. The van der Waals surface area contributed by atoms with Crippen LogP contribution in [0, 0.1) is 0 Å². The zero-order valence-corrected chi connectivity index (χ0v) is 13.2. The molecule has 1 heterocycles. The Morgan fingerprint density at radius 2 is 2.18 bits per heavy atom. The molecule has 1 N–H and O–H groups in total. The van der Waals surface area contributed by atoms with Crippen molar-refractivity contribution in [1.29, 1.82) is 0 Å². The van der Waals surface area contributed by atoms with Gasteiger partial charge in [-0.25, -0.2) is 8.78 Å². The quantitative estimate of drug-likeness (QED) is 0.810. The number of carbonyl (C=O) groups excluding carboxylic acids is 1. The third kappa shape index (κ3) is 4.93. The maximum Gasteiger partial charge on any atom is 0.251 e. The van der Waals surface area contributed by atoms with Crippen LogP contribution in [-0.4, -0.2) is 55.8 Å². The molecule has 1 saturated heterocycles. The first-order valence-corrected chi connectivity index (χ1v) is 8.33. The minimum Gasteiger partial charge on any atom is -0.378 e. The van der Waals surface area contributed by atoms with E-state index < -0.39 is 19.0 Å². The largest absolute Gasteiger partial charge is 0.378 e. The molecule has 0 radical (unpaired) electrons. The smallest absolute Gasteiger partial charge is 0.251 e. The van der Waals surface area contributed by atoms with Crippen LogP contribution in [0.25, 0.3) is 0 Å². The summed E-state index contributed by atoms with van der Waals surface area (Å²) in [6.07, 6.45) is -0.454. The minimum atomic E-state index is -2.45. The molecule has 0 bridgehead atoms. The topological polar surface area (TPSA) is 41.6 Å². The van der Waals surface area contributed by atoms with Crippen molar-refractivity contribution in [3.05, 3.63) is 29.8 Å². The number of hydrogen-bond acceptors (Lipinski definition) is 4. The molecule has 1 atom stereocenters. The molecule has 4 nitrogen and oxygen atoms in total. The molecule has 1 unspecified atom stereocenters. The Hall–Kier alpha value is -1.18. The second-order valence-electron chi connectivity index (χ2n) is 5.04. The lowest BCUT2D eigenvalue weighted by Crippen LogP contribution is -2.54. The van der Waals surface area contributed by atoms with Crippen LogP contribution in [0.3, 0.4) is 0 Å². The molecular formula is C15H20F2N2O2S. The average molecular weight is 330 g/mol. The third-order valence-electron chi connectivity index (χ3n) is 3.54. The number of morpholine rings is 1. The number of thioether (sulfide) groups is 1. The molecule has 22 heavy (non-hydrogen) atoms. The van der Waals surface area contributed by atoms with Crippen molar-refractivity contribution in [3.8, 4) is 0 Å². The van der Waals surface area contributed by atoms with Crippen LogP contribution in [0.1, 0.15) is 5.56 Å². The highest BCUT2D eigenvalue weighted by atomic mass is 32.2. The van der Waals surface area contributed by atoms with Crippen LogP contribution in [0.15, 0.2) is 29.2 Å². The first-order chi connectivity index (χ1) is 10.6. The summed E-state index contributed by atoms with van der Waals surface area (Å²) in [6, 6.07) is 7.21. The number of nitrogens with zero attached hydrogens (tertiary/aromatic N) is 1. The Morgan fingerprint density at radius 1 is 1.45 bits per heavy atom. The summed E-state index contributed by atoms with van der Waals surface area (Å²) in [5, 5.41) is 2.80. The maximum atomic E-state index is 12.6. The number of ether oxygens (including phenoxy) is 1. The van der Waals surface area contributed by atoms with Gasteiger partial charge in [-0.05, 0) is 24.0 Å². The number of rotatable bonds is 6. The van der Waals surface area contributed by atoms with Crippen LogP contribution in [-0.2, 0) is 16.1 Å². The molecular weight excluding hydrogens is 310 g/mol. The molecule has 1 aliphatic rings. The molecule has 2 rings (SSSR count). The van der Waals surface area contributed by atoms with Crippen molar-refractivity contribution in [1.82, 2.24) is 10.2 Å². The van der Waals surface area contributed by atoms with Crippen LogP contribution >= 0.6 is 11.8 Å². The van der Waals surface area contributed by atoms with Gasteiger partial charge >= 0.3 is 0 Å². The number of carbonyl (C=O) groups is 1. The zero-order chi connectivity index (χ0) is 15.9. The minimum absolute atomic E-state index is 0.157. The van der Waals surface area contributed by atoms with Gasteiger partial charge in [-0.15, -0.1) is 11.8 Å². The van der Waals surface area contributed by atoms with Gasteiger partial charge in [0.05, 0.1) is 19.8 Å². The fraction of sp³-hybridized carbons (Fsp3) is 0.533. The van der Waals surface area contributed by atoms with Crippen molar-refractivity contribution in [2.24, 2.45) is 0 Å². The van der Waals surface area contributed by atoms with Crippen LogP contribution in [0.2, 0.25) is 0 Å². The molecule has 1 aromatic carbocycles. The van der Waals surface area contributed by atoms with E-state index >= 15 is 0 Å². The van der Waals surface area contributed by atoms with Crippen LogP contribution < -0.4 is 5.32 Å². The van der Waals surface area contributed by atoms with E-state index in [1.54, 1.807) is 11.8 Å². The van der Waals surface area contributed by atoms with E-state index in [2.05, 4.69) is 5.32 Å². The third-order valence-corrected chi connectivity index (χ3v) is 4.28. The molecule has 0 aromatic heterocycles. The van der Waals surface area contributed by atoms with Crippen molar-refractivity contribution < 1.29 is 18.3 Å². The summed E-state index contributed by atoms with van der Waals surface area (Å²) in [7, 11) is 0. The van der Waals surface area contributed by atoms with Gasteiger partial charge in [0.2, 0.25) is 5.91 Å². The molecule has 1 amide bonds. The first kappa shape index (κ1) is 17.2. The van der Waals surface area contributed by atoms with E-state index in [9.17, 15) is 13.6 Å². The second kappa shape index (κ2) is 8.45. The van der Waals surface area contributed by atoms with Gasteiger partial charge in [-0.1, -0.05) is 12.1 Å². The Balaban J connectivity index is 1.88. The molecule has 7 heteroatoms. The molecule has 0 saturated carbocycles. The Morgan fingerprint density at radius 3 is 2.82 bits per heavy atom. The van der Waals surface area contributed by atoms with E-state index in [4.69, 9.17) is 4.74 Å². The first-order valence-electron chi connectivity index (χ1n) is 7.10. The summed E-state index contributed by atoms with van der Waals surface area (Å²) < 4.78 is 30.4. The highest BCUT2D eigenvalue weighted by Crippen LogP contribution is 2.15. The van der Waals surface area contributed by atoms with Crippen molar-refractivity contribution in [3.63, 3.8) is 0 Å². The predicted octanol–water partition coefficient (Wildman–Crippen LogP) is 1.99. The van der Waals surface area contributed by atoms with E-state index in [0.29, 0.717) is 19.7 Å². The Bertz CT molecular complexity index is 485. The van der Waals surface area contributed by atoms with Crippen molar-refractivity contribution in [2.45, 2.75) is 23.9 Å². The van der Waals surface area contributed by atoms with Gasteiger partial charge in [0, 0.05) is 18.0 Å². The Labute approximate surface area is 133 Å². The van der Waals surface area contributed by atoms with Gasteiger partial charge in [0.25, 0.3) is 6.43 Å². The molecule has 0 aliphatic carbocycles. The maximum absolute atomic E-state index is 12.6. The zero-order valence-electron chi connectivity index (χ0n) is 12.4. The van der Waals surface area contributed by atoms with E-state index in [1.807, 2.05) is 30.5 Å². The van der Waals surface area contributed by atoms with Crippen LogP contribution in [0.5, 0.6) is 0 Å². The number of halogens is 2. The average Bonchev–Trinajstić information content (AvgIpc) is 2.53. The summed E-state index contributed by atoms with van der Waals surface area (Å²) in [5.41, 5.74) is 0.975. The number of amides is 1. The lowest BCUT2D eigenvalue weighted by molar-refractivity contribution is -0.134. The van der Waals surface area contributed by atoms with Gasteiger partial charge in [-0.3, -0.25) is 9.69 Å². The second-order valence-corrected chi connectivity index (χ2v) is 5.92. The lowest BCUT2D eigenvalue weighted by atomic mass is 10.2. The monoisotopic (exact) mass is 330 g/mol.